The van der Waals surface area contributed by atoms with Gasteiger partial charge < -0.3 is 5.32 Å². The first kappa shape index (κ1) is 12.7. The van der Waals surface area contributed by atoms with Crippen molar-refractivity contribution in [3.63, 3.8) is 0 Å². The fourth-order valence-corrected chi connectivity index (χ4v) is 2.48. The van der Waals surface area contributed by atoms with Gasteiger partial charge in [0.25, 0.3) is 0 Å². The van der Waals surface area contributed by atoms with E-state index >= 15 is 0 Å². The molecule has 15 heavy (non-hydrogen) atoms. The Balaban J connectivity index is 2.40. The van der Waals surface area contributed by atoms with Crippen molar-refractivity contribution in [1.82, 2.24) is 5.32 Å². The Morgan fingerprint density at radius 3 is 2.67 bits per heavy atom. The number of amides is 1. The monoisotopic (exact) mass is 289 g/mol. The van der Waals surface area contributed by atoms with Crippen molar-refractivity contribution in [3.05, 3.63) is 20.8 Å². The molecule has 1 N–H and O–H groups in total. The van der Waals surface area contributed by atoms with Crippen molar-refractivity contribution in [2.45, 2.75) is 27.3 Å². The second-order valence-electron chi connectivity index (χ2n) is 3.98. The largest absolute Gasteiger partial charge is 0.351 e. The summed E-state index contributed by atoms with van der Waals surface area (Å²) >= 11 is 5.04. The lowest BCUT2D eigenvalue weighted by Gasteiger charge is -2.14. The maximum absolute atomic E-state index is 11.6. The highest BCUT2D eigenvalue weighted by Crippen LogP contribution is 2.19. The fourth-order valence-electron chi connectivity index (χ4n) is 1.08. The third kappa shape index (κ3) is 3.95. The number of halogens is 1. The van der Waals surface area contributed by atoms with Crippen molar-refractivity contribution < 1.29 is 4.79 Å². The third-order valence-electron chi connectivity index (χ3n) is 2.47. The molecule has 0 aliphatic heterocycles. The smallest absolute Gasteiger partial charge is 0.223 e. The van der Waals surface area contributed by atoms with Crippen molar-refractivity contribution in [2.24, 2.45) is 11.8 Å². The SMILES string of the molecule is CC(C)C(C)C(=O)NCc1cc(Br)cs1. The van der Waals surface area contributed by atoms with Gasteiger partial charge in [0.15, 0.2) is 0 Å². The summed E-state index contributed by atoms with van der Waals surface area (Å²) in [5, 5.41) is 4.97. The quantitative estimate of drug-likeness (QED) is 0.904. The van der Waals surface area contributed by atoms with Crippen LogP contribution in [-0.4, -0.2) is 5.91 Å². The van der Waals surface area contributed by atoms with Crippen LogP contribution in [0.4, 0.5) is 0 Å². The number of carbonyl (C=O) groups excluding carboxylic acids is 1. The molecule has 0 fully saturated rings. The molecule has 1 heterocycles. The van der Waals surface area contributed by atoms with Crippen molar-refractivity contribution in [2.75, 3.05) is 0 Å². The van der Waals surface area contributed by atoms with E-state index in [0.717, 1.165) is 4.47 Å². The molecule has 0 spiro atoms. The van der Waals surface area contributed by atoms with Gasteiger partial charge in [-0.2, -0.15) is 0 Å². The topological polar surface area (TPSA) is 29.1 Å². The minimum Gasteiger partial charge on any atom is -0.351 e. The minimum atomic E-state index is 0.0772. The van der Waals surface area contributed by atoms with Crippen LogP contribution < -0.4 is 5.32 Å². The van der Waals surface area contributed by atoms with Crippen LogP contribution in [-0.2, 0) is 11.3 Å². The highest BCUT2D eigenvalue weighted by atomic mass is 79.9. The molecule has 2 nitrogen and oxygen atoms in total. The molecule has 1 aromatic heterocycles. The van der Waals surface area contributed by atoms with E-state index in [9.17, 15) is 4.79 Å². The molecule has 0 aliphatic carbocycles. The van der Waals surface area contributed by atoms with Gasteiger partial charge in [-0.25, -0.2) is 0 Å². The van der Waals surface area contributed by atoms with E-state index in [-0.39, 0.29) is 11.8 Å². The van der Waals surface area contributed by atoms with Crippen LogP contribution in [0.5, 0.6) is 0 Å². The lowest BCUT2D eigenvalue weighted by atomic mass is 9.97. The highest BCUT2D eigenvalue weighted by molar-refractivity contribution is 9.10. The molecule has 0 saturated heterocycles. The second-order valence-corrected chi connectivity index (χ2v) is 5.89. The first-order chi connectivity index (χ1) is 7.00. The van der Waals surface area contributed by atoms with Gasteiger partial charge in [-0.05, 0) is 27.9 Å². The van der Waals surface area contributed by atoms with Gasteiger partial charge in [0.05, 0.1) is 6.54 Å². The van der Waals surface area contributed by atoms with E-state index in [1.54, 1.807) is 11.3 Å². The summed E-state index contributed by atoms with van der Waals surface area (Å²) in [7, 11) is 0. The third-order valence-corrected chi connectivity index (χ3v) is 4.17. The Hall–Kier alpha value is -0.350. The van der Waals surface area contributed by atoms with Gasteiger partial charge in [-0.1, -0.05) is 20.8 Å². The van der Waals surface area contributed by atoms with Gasteiger partial charge >= 0.3 is 0 Å². The van der Waals surface area contributed by atoms with E-state index in [4.69, 9.17) is 0 Å². The summed E-state index contributed by atoms with van der Waals surface area (Å²) in [5.41, 5.74) is 0. The minimum absolute atomic E-state index is 0.0772. The standard InChI is InChI=1S/C11H16BrNOS/c1-7(2)8(3)11(14)13-5-10-4-9(12)6-15-10/h4,6-8H,5H2,1-3H3,(H,13,14). The van der Waals surface area contributed by atoms with Gasteiger partial charge in [0.1, 0.15) is 0 Å². The number of hydrogen-bond donors (Lipinski definition) is 1. The molecule has 0 radical (unpaired) electrons. The summed E-state index contributed by atoms with van der Waals surface area (Å²) in [5.74, 6) is 0.600. The zero-order chi connectivity index (χ0) is 11.4. The number of nitrogens with one attached hydrogen (secondary N) is 1. The van der Waals surface area contributed by atoms with E-state index in [1.165, 1.54) is 4.88 Å². The normalized spacial score (nSPS) is 12.9. The first-order valence-corrected chi connectivity index (χ1v) is 6.68. The molecular formula is C11H16BrNOS. The highest BCUT2D eigenvalue weighted by Gasteiger charge is 2.15. The predicted molar refractivity (Wildman–Crippen MR) is 67.9 cm³/mol. The average molecular weight is 290 g/mol. The second kappa shape index (κ2) is 5.66. The molecule has 1 aromatic rings. The zero-order valence-corrected chi connectivity index (χ0v) is 11.6. The van der Waals surface area contributed by atoms with Crippen LogP contribution >= 0.6 is 27.3 Å². The molecule has 84 valence electrons. The van der Waals surface area contributed by atoms with Gasteiger partial charge in [0.2, 0.25) is 5.91 Å². The molecule has 1 atom stereocenters. The number of rotatable bonds is 4. The summed E-state index contributed by atoms with van der Waals surface area (Å²) in [4.78, 5) is 12.8. The molecule has 0 saturated carbocycles. The Bertz CT molecular complexity index is 335. The summed E-state index contributed by atoms with van der Waals surface area (Å²) in [6.07, 6.45) is 0. The van der Waals surface area contributed by atoms with Crippen molar-refractivity contribution in [3.8, 4) is 0 Å². The lowest BCUT2D eigenvalue weighted by molar-refractivity contribution is -0.125. The van der Waals surface area contributed by atoms with Crippen molar-refractivity contribution in [1.29, 1.82) is 0 Å². The van der Waals surface area contributed by atoms with E-state index in [0.29, 0.717) is 12.5 Å². The Morgan fingerprint density at radius 1 is 1.53 bits per heavy atom. The number of carbonyl (C=O) groups is 1. The van der Waals surface area contributed by atoms with Crippen LogP contribution in [0.1, 0.15) is 25.6 Å². The molecule has 0 aliphatic rings. The molecular weight excluding hydrogens is 274 g/mol. The maximum atomic E-state index is 11.6. The van der Waals surface area contributed by atoms with Gasteiger partial charge in [-0.3, -0.25) is 4.79 Å². The van der Waals surface area contributed by atoms with Crippen LogP contribution in [0.2, 0.25) is 0 Å². The van der Waals surface area contributed by atoms with Crippen LogP contribution in [0.3, 0.4) is 0 Å². The number of hydrogen-bond acceptors (Lipinski definition) is 2. The molecule has 1 unspecified atom stereocenters. The van der Waals surface area contributed by atoms with Crippen LogP contribution in [0.15, 0.2) is 15.9 Å². The van der Waals surface area contributed by atoms with Crippen molar-refractivity contribution >= 4 is 33.2 Å². The predicted octanol–water partition coefficient (Wildman–Crippen LogP) is 3.42. The van der Waals surface area contributed by atoms with Gasteiger partial charge in [0, 0.05) is 20.6 Å². The van der Waals surface area contributed by atoms with Gasteiger partial charge in [-0.15, -0.1) is 11.3 Å². The van der Waals surface area contributed by atoms with E-state index in [2.05, 4.69) is 35.1 Å². The lowest BCUT2D eigenvalue weighted by Crippen LogP contribution is -2.31. The Labute approximate surface area is 103 Å². The Morgan fingerprint density at radius 2 is 2.20 bits per heavy atom. The van der Waals surface area contributed by atoms with E-state index < -0.39 is 0 Å². The summed E-state index contributed by atoms with van der Waals surface area (Å²) in [6, 6.07) is 2.03. The zero-order valence-electron chi connectivity index (χ0n) is 9.21. The fraction of sp³-hybridized carbons (Fsp3) is 0.545. The van der Waals surface area contributed by atoms with E-state index in [1.807, 2.05) is 18.4 Å². The molecule has 4 heteroatoms. The molecule has 0 bridgehead atoms. The molecule has 0 aromatic carbocycles. The number of thiophene rings is 1. The molecule has 1 rings (SSSR count). The Kier molecular flexibility index (Phi) is 4.80. The van der Waals surface area contributed by atoms with Crippen LogP contribution in [0, 0.1) is 11.8 Å². The maximum Gasteiger partial charge on any atom is 0.223 e. The van der Waals surface area contributed by atoms with Crippen LogP contribution in [0.25, 0.3) is 0 Å². The average Bonchev–Trinajstić information content (AvgIpc) is 2.59. The first-order valence-electron chi connectivity index (χ1n) is 5.01. The summed E-state index contributed by atoms with van der Waals surface area (Å²) in [6.45, 7) is 6.72. The molecule has 1 amide bonds. The summed E-state index contributed by atoms with van der Waals surface area (Å²) < 4.78 is 1.08.